The molecule has 1 aromatic rings. The van der Waals surface area contributed by atoms with E-state index in [0.717, 1.165) is 12.8 Å². The molecule has 1 aliphatic rings. The number of ether oxygens (including phenoxy) is 1. The van der Waals surface area contributed by atoms with E-state index in [1.165, 1.54) is 31.5 Å². The SMILES string of the molecule is Nc1ncc(S(=O)(=O)NCCOC2CCCCC2)cc1Cl. The average molecular weight is 334 g/mol. The summed E-state index contributed by atoms with van der Waals surface area (Å²) in [6.07, 6.45) is 7.20. The van der Waals surface area contributed by atoms with Crippen molar-refractivity contribution in [2.45, 2.75) is 43.1 Å². The molecule has 0 saturated heterocycles. The molecule has 0 spiro atoms. The summed E-state index contributed by atoms with van der Waals surface area (Å²) in [5, 5.41) is 0.122. The summed E-state index contributed by atoms with van der Waals surface area (Å²) < 4.78 is 32.2. The molecule has 3 N–H and O–H groups in total. The van der Waals surface area contributed by atoms with Gasteiger partial charge in [-0.25, -0.2) is 18.1 Å². The van der Waals surface area contributed by atoms with Crippen molar-refractivity contribution in [1.82, 2.24) is 9.71 Å². The van der Waals surface area contributed by atoms with Gasteiger partial charge in [-0.15, -0.1) is 0 Å². The van der Waals surface area contributed by atoms with Gasteiger partial charge in [-0.2, -0.15) is 0 Å². The summed E-state index contributed by atoms with van der Waals surface area (Å²) in [4.78, 5) is 3.74. The molecule has 1 saturated carbocycles. The van der Waals surface area contributed by atoms with Gasteiger partial charge in [0.2, 0.25) is 10.0 Å². The first kappa shape index (κ1) is 16.5. The summed E-state index contributed by atoms with van der Waals surface area (Å²) in [6, 6.07) is 1.29. The van der Waals surface area contributed by atoms with Crippen LogP contribution in [-0.2, 0) is 14.8 Å². The average Bonchev–Trinajstić information content (AvgIpc) is 2.47. The van der Waals surface area contributed by atoms with E-state index in [2.05, 4.69) is 9.71 Å². The standard InChI is InChI=1S/C13H20ClN3O3S/c14-12-8-11(9-16-13(12)15)21(18,19)17-6-7-20-10-4-2-1-3-5-10/h8-10,17H,1-7H2,(H2,15,16). The second kappa shape index (κ2) is 7.40. The van der Waals surface area contributed by atoms with Crippen molar-refractivity contribution in [2.24, 2.45) is 0 Å². The fraction of sp³-hybridized carbons (Fsp3) is 0.615. The first-order chi connectivity index (χ1) is 9.99. The summed E-state index contributed by atoms with van der Waals surface area (Å²) in [7, 11) is -3.64. The maximum absolute atomic E-state index is 12.0. The molecule has 1 heterocycles. The monoisotopic (exact) mass is 333 g/mol. The van der Waals surface area contributed by atoms with E-state index in [0.29, 0.717) is 6.61 Å². The summed E-state index contributed by atoms with van der Waals surface area (Å²) in [5.74, 6) is 0.108. The molecule has 1 aromatic heterocycles. The first-order valence-corrected chi connectivity index (χ1v) is 8.87. The minimum Gasteiger partial charge on any atom is -0.382 e. The molecule has 0 amide bonds. The minimum atomic E-state index is -3.64. The lowest BCUT2D eigenvalue weighted by atomic mass is 9.98. The van der Waals surface area contributed by atoms with Gasteiger partial charge in [-0.1, -0.05) is 30.9 Å². The Kier molecular flexibility index (Phi) is 5.80. The molecule has 21 heavy (non-hydrogen) atoms. The number of sulfonamides is 1. The lowest BCUT2D eigenvalue weighted by Crippen LogP contribution is -2.29. The van der Waals surface area contributed by atoms with E-state index in [4.69, 9.17) is 22.1 Å². The van der Waals surface area contributed by atoms with Gasteiger partial charge in [-0.05, 0) is 18.9 Å². The summed E-state index contributed by atoms with van der Waals surface area (Å²) >= 11 is 5.78. The Labute approximate surface area is 130 Å². The number of halogens is 1. The van der Waals surface area contributed by atoms with E-state index in [1.54, 1.807) is 0 Å². The van der Waals surface area contributed by atoms with Crippen molar-refractivity contribution in [3.63, 3.8) is 0 Å². The Morgan fingerprint density at radius 2 is 2.10 bits per heavy atom. The van der Waals surface area contributed by atoms with Crippen LogP contribution in [0.2, 0.25) is 5.02 Å². The molecule has 118 valence electrons. The third-order valence-electron chi connectivity index (χ3n) is 3.45. The van der Waals surface area contributed by atoms with Crippen LogP contribution in [-0.4, -0.2) is 32.7 Å². The van der Waals surface area contributed by atoms with Gasteiger partial charge in [0.25, 0.3) is 0 Å². The lowest BCUT2D eigenvalue weighted by molar-refractivity contribution is 0.0321. The smallest absolute Gasteiger partial charge is 0.242 e. The number of nitrogen functional groups attached to an aromatic ring is 1. The van der Waals surface area contributed by atoms with Gasteiger partial charge in [0.15, 0.2) is 0 Å². The third-order valence-corrected chi connectivity index (χ3v) is 5.19. The predicted molar refractivity (Wildman–Crippen MR) is 81.7 cm³/mol. The zero-order chi connectivity index (χ0) is 15.3. The van der Waals surface area contributed by atoms with Gasteiger partial charge < -0.3 is 10.5 Å². The van der Waals surface area contributed by atoms with Gasteiger partial charge in [-0.3, -0.25) is 0 Å². The molecule has 0 atom stereocenters. The molecule has 0 aliphatic heterocycles. The number of nitrogens with zero attached hydrogens (tertiary/aromatic N) is 1. The number of nitrogens with two attached hydrogens (primary N) is 1. The minimum absolute atomic E-state index is 0.000587. The van der Waals surface area contributed by atoms with Crippen molar-refractivity contribution in [3.05, 3.63) is 17.3 Å². The highest BCUT2D eigenvalue weighted by atomic mass is 35.5. The number of aromatic nitrogens is 1. The quantitative estimate of drug-likeness (QED) is 0.776. The number of nitrogens with one attached hydrogen (secondary N) is 1. The maximum atomic E-state index is 12.0. The Bertz CT molecular complexity index is 574. The topological polar surface area (TPSA) is 94.3 Å². The highest BCUT2D eigenvalue weighted by molar-refractivity contribution is 7.89. The first-order valence-electron chi connectivity index (χ1n) is 7.01. The van der Waals surface area contributed by atoms with Crippen molar-refractivity contribution in [1.29, 1.82) is 0 Å². The Morgan fingerprint density at radius 1 is 1.38 bits per heavy atom. The van der Waals surface area contributed by atoms with E-state index >= 15 is 0 Å². The highest BCUT2D eigenvalue weighted by Gasteiger charge is 2.17. The summed E-state index contributed by atoms with van der Waals surface area (Å²) in [6.45, 7) is 0.584. The maximum Gasteiger partial charge on any atom is 0.242 e. The number of anilines is 1. The highest BCUT2D eigenvalue weighted by Crippen LogP contribution is 2.21. The van der Waals surface area contributed by atoms with E-state index in [-0.39, 0.29) is 28.4 Å². The van der Waals surface area contributed by atoms with Crippen LogP contribution in [0.3, 0.4) is 0 Å². The fourth-order valence-corrected chi connectivity index (χ4v) is 3.51. The van der Waals surface area contributed by atoms with Crippen molar-refractivity contribution < 1.29 is 13.2 Å². The largest absolute Gasteiger partial charge is 0.382 e. The molecule has 0 radical (unpaired) electrons. The molecular formula is C13H20ClN3O3S. The van der Waals surface area contributed by atoms with Gasteiger partial charge >= 0.3 is 0 Å². The second-order valence-corrected chi connectivity index (χ2v) is 7.24. The Hall–Kier alpha value is -0.890. The summed E-state index contributed by atoms with van der Waals surface area (Å²) in [5.41, 5.74) is 5.46. The molecule has 0 bridgehead atoms. The Balaban J connectivity index is 1.82. The lowest BCUT2D eigenvalue weighted by Gasteiger charge is -2.21. The van der Waals surface area contributed by atoms with Crippen molar-refractivity contribution in [2.75, 3.05) is 18.9 Å². The Morgan fingerprint density at radius 3 is 2.76 bits per heavy atom. The molecule has 2 rings (SSSR count). The van der Waals surface area contributed by atoms with Crippen LogP contribution >= 0.6 is 11.6 Å². The number of hydrogen-bond acceptors (Lipinski definition) is 5. The molecular weight excluding hydrogens is 314 g/mol. The van der Waals surface area contributed by atoms with Crippen LogP contribution in [0, 0.1) is 0 Å². The predicted octanol–water partition coefficient (Wildman–Crippen LogP) is 1.94. The van der Waals surface area contributed by atoms with Crippen LogP contribution < -0.4 is 10.5 Å². The van der Waals surface area contributed by atoms with Crippen LogP contribution in [0.15, 0.2) is 17.2 Å². The van der Waals surface area contributed by atoms with Crippen LogP contribution in [0.4, 0.5) is 5.82 Å². The normalized spacial score (nSPS) is 17.0. The van der Waals surface area contributed by atoms with Crippen LogP contribution in [0.25, 0.3) is 0 Å². The zero-order valence-corrected chi connectivity index (χ0v) is 13.3. The molecule has 1 aliphatic carbocycles. The van der Waals surface area contributed by atoms with E-state index < -0.39 is 10.0 Å². The number of hydrogen-bond donors (Lipinski definition) is 2. The van der Waals surface area contributed by atoms with Crippen molar-refractivity contribution in [3.8, 4) is 0 Å². The number of rotatable bonds is 6. The molecule has 1 fully saturated rings. The van der Waals surface area contributed by atoms with Crippen LogP contribution in [0.1, 0.15) is 32.1 Å². The number of pyridine rings is 1. The second-order valence-electron chi connectivity index (χ2n) is 5.07. The molecule has 8 heteroatoms. The molecule has 0 aromatic carbocycles. The molecule has 0 unspecified atom stereocenters. The zero-order valence-electron chi connectivity index (χ0n) is 11.7. The van der Waals surface area contributed by atoms with E-state index in [9.17, 15) is 8.42 Å². The van der Waals surface area contributed by atoms with Gasteiger partial charge in [0.05, 0.1) is 17.7 Å². The van der Waals surface area contributed by atoms with Crippen molar-refractivity contribution >= 4 is 27.4 Å². The third kappa shape index (κ3) is 4.81. The van der Waals surface area contributed by atoms with Gasteiger partial charge in [0.1, 0.15) is 10.7 Å². The molecule has 6 nitrogen and oxygen atoms in total. The van der Waals surface area contributed by atoms with Gasteiger partial charge in [0, 0.05) is 12.7 Å². The fourth-order valence-electron chi connectivity index (χ4n) is 2.29. The van der Waals surface area contributed by atoms with Crippen LogP contribution in [0.5, 0.6) is 0 Å². The van der Waals surface area contributed by atoms with E-state index in [1.807, 2.05) is 0 Å².